The molecule has 1 unspecified atom stereocenters. The van der Waals surface area contributed by atoms with Crippen LogP contribution in [0.1, 0.15) is 50.1 Å². The SMILES string of the molecule is COc1ccc(C2CCCCCN2C(=O)CN2CCC(O)CC2)cc1. The van der Waals surface area contributed by atoms with Crippen molar-refractivity contribution in [2.75, 3.05) is 33.3 Å². The second-order valence-electron chi connectivity index (χ2n) is 7.23. The minimum Gasteiger partial charge on any atom is -0.497 e. The molecule has 138 valence electrons. The highest BCUT2D eigenvalue weighted by molar-refractivity contribution is 5.79. The molecule has 5 heteroatoms. The highest BCUT2D eigenvalue weighted by Crippen LogP contribution is 2.31. The number of benzene rings is 1. The summed E-state index contributed by atoms with van der Waals surface area (Å²) in [4.78, 5) is 17.3. The highest BCUT2D eigenvalue weighted by Gasteiger charge is 2.28. The Morgan fingerprint density at radius 1 is 1.08 bits per heavy atom. The average molecular weight is 346 g/mol. The topological polar surface area (TPSA) is 53.0 Å². The number of hydrogen-bond donors (Lipinski definition) is 1. The van der Waals surface area contributed by atoms with E-state index in [1.807, 2.05) is 12.1 Å². The van der Waals surface area contributed by atoms with Gasteiger partial charge < -0.3 is 14.7 Å². The van der Waals surface area contributed by atoms with E-state index in [9.17, 15) is 9.90 Å². The van der Waals surface area contributed by atoms with E-state index in [0.717, 1.165) is 57.5 Å². The molecule has 1 atom stereocenters. The lowest BCUT2D eigenvalue weighted by Crippen LogP contribution is -2.45. The number of rotatable bonds is 4. The zero-order valence-electron chi connectivity index (χ0n) is 15.2. The summed E-state index contributed by atoms with van der Waals surface area (Å²) in [5, 5.41) is 9.65. The third kappa shape index (κ3) is 4.73. The summed E-state index contributed by atoms with van der Waals surface area (Å²) >= 11 is 0. The van der Waals surface area contributed by atoms with Crippen LogP contribution in [0.4, 0.5) is 0 Å². The van der Waals surface area contributed by atoms with E-state index in [1.54, 1.807) is 7.11 Å². The summed E-state index contributed by atoms with van der Waals surface area (Å²) in [6, 6.07) is 8.30. The molecule has 1 amide bonds. The monoisotopic (exact) mass is 346 g/mol. The molecule has 5 nitrogen and oxygen atoms in total. The van der Waals surface area contributed by atoms with Gasteiger partial charge in [-0.1, -0.05) is 25.0 Å². The van der Waals surface area contributed by atoms with Gasteiger partial charge in [0.05, 0.1) is 25.8 Å². The summed E-state index contributed by atoms with van der Waals surface area (Å²) in [6.45, 7) is 2.94. The molecular formula is C20H30N2O3. The number of hydrogen-bond acceptors (Lipinski definition) is 4. The zero-order chi connectivity index (χ0) is 17.6. The molecule has 3 rings (SSSR count). The molecular weight excluding hydrogens is 316 g/mol. The van der Waals surface area contributed by atoms with Gasteiger partial charge in [-0.25, -0.2) is 0 Å². The molecule has 25 heavy (non-hydrogen) atoms. The minimum absolute atomic E-state index is 0.163. The highest BCUT2D eigenvalue weighted by atomic mass is 16.5. The van der Waals surface area contributed by atoms with Crippen molar-refractivity contribution in [1.29, 1.82) is 0 Å². The van der Waals surface area contributed by atoms with Crippen LogP contribution in [0, 0.1) is 0 Å². The van der Waals surface area contributed by atoms with Gasteiger partial charge in [0.2, 0.25) is 5.91 Å². The lowest BCUT2D eigenvalue weighted by atomic mass is 10.0. The van der Waals surface area contributed by atoms with Crippen LogP contribution in [-0.2, 0) is 4.79 Å². The van der Waals surface area contributed by atoms with Crippen LogP contribution in [0.15, 0.2) is 24.3 Å². The predicted molar refractivity (Wildman–Crippen MR) is 97.6 cm³/mol. The van der Waals surface area contributed by atoms with Crippen LogP contribution in [0.25, 0.3) is 0 Å². The van der Waals surface area contributed by atoms with Gasteiger partial charge in [0.1, 0.15) is 5.75 Å². The first kappa shape index (κ1) is 18.2. The number of ether oxygens (including phenoxy) is 1. The number of amides is 1. The number of nitrogens with zero attached hydrogens (tertiary/aromatic N) is 2. The largest absolute Gasteiger partial charge is 0.497 e. The lowest BCUT2D eigenvalue weighted by Gasteiger charge is -2.34. The van der Waals surface area contributed by atoms with Gasteiger partial charge in [0, 0.05) is 19.6 Å². The van der Waals surface area contributed by atoms with Crippen molar-refractivity contribution < 1.29 is 14.6 Å². The molecule has 2 aliphatic heterocycles. The van der Waals surface area contributed by atoms with Crippen molar-refractivity contribution in [2.24, 2.45) is 0 Å². The molecule has 0 radical (unpaired) electrons. The second kappa shape index (κ2) is 8.68. The van der Waals surface area contributed by atoms with Gasteiger partial charge in [-0.3, -0.25) is 9.69 Å². The van der Waals surface area contributed by atoms with Crippen LogP contribution in [0.3, 0.4) is 0 Å². The summed E-state index contributed by atoms with van der Waals surface area (Å²) in [6.07, 6.45) is 5.80. The zero-order valence-corrected chi connectivity index (χ0v) is 15.2. The van der Waals surface area contributed by atoms with Crippen LogP contribution in [-0.4, -0.2) is 60.2 Å². The van der Waals surface area contributed by atoms with E-state index >= 15 is 0 Å². The van der Waals surface area contributed by atoms with E-state index < -0.39 is 0 Å². The molecule has 0 spiro atoms. The van der Waals surface area contributed by atoms with Crippen molar-refractivity contribution in [3.63, 3.8) is 0 Å². The second-order valence-corrected chi connectivity index (χ2v) is 7.23. The van der Waals surface area contributed by atoms with Crippen molar-refractivity contribution in [2.45, 2.75) is 50.7 Å². The van der Waals surface area contributed by atoms with Gasteiger partial charge in [-0.15, -0.1) is 0 Å². The van der Waals surface area contributed by atoms with E-state index in [0.29, 0.717) is 6.54 Å². The number of likely N-dealkylation sites (tertiary alicyclic amines) is 2. The summed E-state index contributed by atoms with van der Waals surface area (Å²) in [5.74, 6) is 1.07. The number of methoxy groups -OCH3 is 1. The number of carbonyl (C=O) groups excluding carboxylic acids is 1. The Bertz CT molecular complexity index is 553. The Kier molecular flexibility index (Phi) is 6.32. The van der Waals surface area contributed by atoms with Crippen molar-refractivity contribution >= 4 is 5.91 Å². The maximum atomic E-state index is 13.0. The Labute approximate surface area is 150 Å². The molecule has 2 aliphatic rings. The van der Waals surface area contributed by atoms with Crippen LogP contribution in [0.2, 0.25) is 0 Å². The Hall–Kier alpha value is -1.59. The molecule has 0 aliphatic carbocycles. The number of piperidine rings is 1. The number of aliphatic hydroxyl groups excluding tert-OH is 1. The van der Waals surface area contributed by atoms with Gasteiger partial charge in [-0.2, -0.15) is 0 Å². The third-order valence-corrected chi connectivity index (χ3v) is 5.49. The lowest BCUT2D eigenvalue weighted by molar-refractivity contribution is -0.135. The third-order valence-electron chi connectivity index (χ3n) is 5.49. The Morgan fingerprint density at radius 2 is 1.80 bits per heavy atom. The predicted octanol–water partition coefficient (Wildman–Crippen LogP) is 2.60. The standard InChI is InChI=1S/C20H30N2O3/c1-25-18-8-6-16(7-9-18)19-5-3-2-4-12-22(19)20(24)15-21-13-10-17(23)11-14-21/h6-9,17,19,23H,2-5,10-15H2,1H3. The van der Waals surface area contributed by atoms with E-state index in [1.165, 1.54) is 12.0 Å². The van der Waals surface area contributed by atoms with Crippen molar-refractivity contribution in [3.8, 4) is 5.75 Å². The molecule has 0 bridgehead atoms. The first-order chi connectivity index (χ1) is 12.2. The first-order valence-corrected chi connectivity index (χ1v) is 9.51. The summed E-state index contributed by atoms with van der Waals surface area (Å²) in [5.41, 5.74) is 1.20. The first-order valence-electron chi connectivity index (χ1n) is 9.51. The molecule has 2 fully saturated rings. The van der Waals surface area contributed by atoms with E-state index in [-0.39, 0.29) is 18.1 Å². The fourth-order valence-electron chi connectivity index (χ4n) is 3.94. The quantitative estimate of drug-likeness (QED) is 0.910. The minimum atomic E-state index is -0.198. The van der Waals surface area contributed by atoms with Gasteiger partial charge in [-0.05, 0) is 43.4 Å². The van der Waals surface area contributed by atoms with E-state index in [4.69, 9.17) is 4.74 Å². The van der Waals surface area contributed by atoms with Crippen molar-refractivity contribution in [3.05, 3.63) is 29.8 Å². The molecule has 1 aromatic carbocycles. The molecule has 1 aromatic rings. The fourth-order valence-corrected chi connectivity index (χ4v) is 3.94. The maximum absolute atomic E-state index is 13.0. The average Bonchev–Trinajstić information content (AvgIpc) is 2.90. The summed E-state index contributed by atoms with van der Waals surface area (Å²) in [7, 11) is 1.67. The molecule has 2 saturated heterocycles. The Balaban J connectivity index is 1.69. The normalized spacial score (nSPS) is 23.3. The fraction of sp³-hybridized carbons (Fsp3) is 0.650. The van der Waals surface area contributed by atoms with E-state index in [2.05, 4.69) is 21.9 Å². The molecule has 2 heterocycles. The molecule has 0 saturated carbocycles. The van der Waals surface area contributed by atoms with Gasteiger partial charge in [0.25, 0.3) is 0 Å². The smallest absolute Gasteiger partial charge is 0.237 e. The van der Waals surface area contributed by atoms with Crippen molar-refractivity contribution in [1.82, 2.24) is 9.80 Å². The van der Waals surface area contributed by atoms with Crippen LogP contribution in [0.5, 0.6) is 5.75 Å². The number of aliphatic hydroxyl groups is 1. The van der Waals surface area contributed by atoms with Gasteiger partial charge >= 0.3 is 0 Å². The van der Waals surface area contributed by atoms with Gasteiger partial charge in [0.15, 0.2) is 0 Å². The molecule has 0 aromatic heterocycles. The maximum Gasteiger partial charge on any atom is 0.237 e. The molecule has 1 N–H and O–H groups in total. The van der Waals surface area contributed by atoms with Crippen LogP contribution >= 0.6 is 0 Å². The van der Waals surface area contributed by atoms with Crippen LogP contribution < -0.4 is 4.74 Å². The Morgan fingerprint density at radius 3 is 2.48 bits per heavy atom. The summed E-state index contributed by atoms with van der Waals surface area (Å²) < 4.78 is 5.26. The number of carbonyl (C=O) groups is 1.